The molecular weight excluding hydrogens is 418 g/mol. The molecule has 5 rings (SSSR count). The molecule has 0 atom stereocenters. The summed E-state index contributed by atoms with van der Waals surface area (Å²) in [4.78, 5) is 21.6. The molecule has 0 amide bonds. The van der Waals surface area contributed by atoms with Gasteiger partial charge in [-0.1, -0.05) is 46.2 Å². The zero-order valence-corrected chi connectivity index (χ0v) is 17.2. The highest BCUT2D eigenvalue weighted by atomic mass is 35.5. The van der Waals surface area contributed by atoms with Crippen LogP contribution in [0.3, 0.4) is 0 Å². The lowest BCUT2D eigenvalue weighted by Gasteiger charge is -2.06. The van der Waals surface area contributed by atoms with Crippen LogP contribution in [0.15, 0.2) is 64.2 Å². The SMILES string of the molecule is Cc1ccccc1Cn1nnc2c(=O)n(Cc3nc(-c4ccc(Cl)cc4)no3)cnc21. The lowest BCUT2D eigenvalue weighted by atomic mass is 10.1. The monoisotopic (exact) mass is 433 g/mol. The van der Waals surface area contributed by atoms with Gasteiger partial charge in [0.1, 0.15) is 12.9 Å². The van der Waals surface area contributed by atoms with Gasteiger partial charge in [-0.15, -0.1) is 5.10 Å². The van der Waals surface area contributed by atoms with Crippen LogP contribution in [0.5, 0.6) is 0 Å². The van der Waals surface area contributed by atoms with E-state index >= 15 is 0 Å². The first-order valence-electron chi connectivity index (χ1n) is 9.50. The Kier molecular flexibility index (Phi) is 4.79. The maximum absolute atomic E-state index is 12.9. The highest BCUT2D eigenvalue weighted by Gasteiger charge is 2.15. The summed E-state index contributed by atoms with van der Waals surface area (Å²) in [6.07, 6.45) is 1.44. The number of hydrogen-bond acceptors (Lipinski definition) is 7. The molecule has 3 aromatic heterocycles. The Morgan fingerprint density at radius 1 is 1.06 bits per heavy atom. The third-order valence-electron chi connectivity index (χ3n) is 4.95. The van der Waals surface area contributed by atoms with Crippen molar-refractivity contribution in [1.29, 1.82) is 0 Å². The molecule has 2 aromatic carbocycles. The summed E-state index contributed by atoms with van der Waals surface area (Å²) >= 11 is 5.91. The van der Waals surface area contributed by atoms with Gasteiger partial charge < -0.3 is 4.52 Å². The summed E-state index contributed by atoms with van der Waals surface area (Å²) in [6, 6.07) is 15.1. The van der Waals surface area contributed by atoms with Crippen LogP contribution in [0.25, 0.3) is 22.6 Å². The Hall–Kier alpha value is -3.85. The first kappa shape index (κ1) is 19.1. The molecule has 3 heterocycles. The molecule has 31 heavy (non-hydrogen) atoms. The molecule has 0 aliphatic carbocycles. The van der Waals surface area contributed by atoms with Crippen molar-refractivity contribution in [2.24, 2.45) is 0 Å². The second kappa shape index (κ2) is 7.77. The summed E-state index contributed by atoms with van der Waals surface area (Å²) < 4.78 is 8.28. The number of benzene rings is 2. The van der Waals surface area contributed by atoms with Gasteiger partial charge in [0.2, 0.25) is 11.7 Å². The molecule has 10 heteroatoms. The summed E-state index contributed by atoms with van der Waals surface area (Å²) in [5.41, 5.74) is 3.27. The molecule has 0 aliphatic rings. The van der Waals surface area contributed by atoms with Gasteiger partial charge in [-0.3, -0.25) is 9.36 Å². The van der Waals surface area contributed by atoms with E-state index in [4.69, 9.17) is 16.1 Å². The van der Waals surface area contributed by atoms with E-state index in [0.717, 1.165) is 16.7 Å². The van der Waals surface area contributed by atoms with Gasteiger partial charge in [0, 0.05) is 10.6 Å². The number of fused-ring (bicyclic) bond motifs is 1. The van der Waals surface area contributed by atoms with Crippen LogP contribution in [0, 0.1) is 6.92 Å². The van der Waals surface area contributed by atoms with Gasteiger partial charge in [0.15, 0.2) is 11.2 Å². The van der Waals surface area contributed by atoms with E-state index in [1.807, 2.05) is 31.2 Å². The molecular formula is C21H16ClN7O2. The van der Waals surface area contributed by atoms with Crippen LogP contribution < -0.4 is 5.56 Å². The molecule has 0 fully saturated rings. The van der Waals surface area contributed by atoms with Crippen molar-refractivity contribution in [3.63, 3.8) is 0 Å². The molecule has 5 aromatic rings. The molecule has 0 spiro atoms. The van der Waals surface area contributed by atoms with E-state index in [1.165, 1.54) is 10.9 Å². The minimum atomic E-state index is -0.327. The molecule has 0 saturated heterocycles. The normalized spacial score (nSPS) is 11.3. The fraction of sp³-hybridized carbons (Fsp3) is 0.143. The Morgan fingerprint density at radius 2 is 1.87 bits per heavy atom. The Balaban J connectivity index is 1.42. The first-order valence-corrected chi connectivity index (χ1v) is 9.88. The topological polar surface area (TPSA) is 105 Å². The lowest BCUT2D eigenvalue weighted by Crippen LogP contribution is -2.21. The van der Waals surface area contributed by atoms with Gasteiger partial charge in [-0.2, -0.15) is 4.98 Å². The summed E-state index contributed by atoms with van der Waals surface area (Å²) in [6.45, 7) is 2.58. The third-order valence-corrected chi connectivity index (χ3v) is 5.20. The highest BCUT2D eigenvalue weighted by molar-refractivity contribution is 6.30. The Bertz CT molecular complexity index is 1440. The number of hydrogen-bond donors (Lipinski definition) is 0. The van der Waals surface area contributed by atoms with E-state index in [1.54, 1.807) is 28.9 Å². The van der Waals surface area contributed by atoms with Crippen molar-refractivity contribution < 1.29 is 4.52 Å². The smallest absolute Gasteiger partial charge is 0.283 e. The van der Waals surface area contributed by atoms with Gasteiger partial charge in [-0.05, 0) is 42.3 Å². The van der Waals surface area contributed by atoms with Crippen molar-refractivity contribution >= 4 is 22.8 Å². The molecule has 0 unspecified atom stereocenters. The van der Waals surface area contributed by atoms with E-state index < -0.39 is 0 Å². The second-order valence-electron chi connectivity index (χ2n) is 7.04. The summed E-state index contributed by atoms with van der Waals surface area (Å²) in [5.74, 6) is 0.693. The van der Waals surface area contributed by atoms with Crippen LogP contribution in [0.4, 0.5) is 0 Å². The van der Waals surface area contributed by atoms with Crippen molar-refractivity contribution in [3.05, 3.63) is 87.3 Å². The average molecular weight is 434 g/mol. The van der Waals surface area contributed by atoms with E-state index in [9.17, 15) is 4.79 Å². The van der Waals surface area contributed by atoms with Crippen LogP contribution in [-0.2, 0) is 13.1 Å². The average Bonchev–Trinajstić information content (AvgIpc) is 3.40. The third kappa shape index (κ3) is 3.71. The standard InChI is InChI=1S/C21H16ClN7O2/c1-13-4-2-3-5-15(13)10-29-20-18(25-27-29)21(30)28(12-23-20)11-17-24-19(26-31-17)14-6-8-16(22)9-7-14/h2-9,12H,10-11H2,1H3. The Morgan fingerprint density at radius 3 is 2.68 bits per heavy atom. The second-order valence-corrected chi connectivity index (χ2v) is 7.48. The van der Waals surface area contributed by atoms with E-state index in [-0.39, 0.29) is 23.5 Å². The van der Waals surface area contributed by atoms with Crippen molar-refractivity contribution in [3.8, 4) is 11.4 Å². The predicted molar refractivity (Wildman–Crippen MR) is 114 cm³/mol. The van der Waals surface area contributed by atoms with Gasteiger partial charge in [-0.25, -0.2) is 9.67 Å². The van der Waals surface area contributed by atoms with E-state index in [2.05, 4.69) is 25.4 Å². The van der Waals surface area contributed by atoms with E-state index in [0.29, 0.717) is 23.0 Å². The van der Waals surface area contributed by atoms with Crippen LogP contribution >= 0.6 is 11.6 Å². The fourth-order valence-electron chi connectivity index (χ4n) is 3.24. The minimum absolute atomic E-state index is 0.0764. The summed E-state index contributed by atoms with van der Waals surface area (Å²) in [5, 5.41) is 12.8. The van der Waals surface area contributed by atoms with Crippen molar-refractivity contribution in [2.45, 2.75) is 20.0 Å². The zero-order valence-electron chi connectivity index (χ0n) is 16.4. The quantitative estimate of drug-likeness (QED) is 0.419. The molecule has 0 radical (unpaired) electrons. The maximum atomic E-state index is 12.9. The van der Waals surface area contributed by atoms with Crippen molar-refractivity contribution in [1.82, 2.24) is 34.7 Å². The van der Waals surface area contributed by atoms with Crippen molar-refractivity contribution in [2.75, 3.05) is 0 Å². The minimum Gasteiger partial charge on any atom is -0.337 e. The number of aromatic nitrogens is 7. The zero-order chi connectivity index (χ0) is 21.4. The van der Waals surface area contributed by atoms with Crippen LogP contribution in [0.1, 0.15) is 17.0 Å². The highest BCUT2D eigenvalue weighted by Crippen LogP contribution is 2.19. The first-order chi connectivity index (χ1) is 15.1. The lowest BCUT2D eigenvalue weighted by molar-refractivity contribution is 0.369. The van der Waals surface area contributed by atoms with Gasteiger partial charge in [0.05, 0.1) is 6.54 Å². The van der Waals surface area contributed by atoms with Gasteiger partial charge in [0.25, 0.3) is 5.56 Å². The number of rotatable bonds is 5. The molecule has 0 bridgehead atoms. The molecule has 0 N–H and O–H groups in total. The predicted octanol–water partition coefficient (Wildman–Crippen LogP) is 3.10. The number of halogens is 1. The summed E-state index contributed by atoms with van der Waals surface area (Å²) in [7, 11) is 0. The van der Waals surface area contributed by atoms with Crippen LogP contribution in [0.2, 0.25) is 5.02 Å². The molecule has 154 valence electrons. The van der Waals surface area contributed by atoms with Gasteiger partial charge >= 0.3 is 0 Å². The Labute approximate surface area is 180 Å². The number of nitrogens with zero attached hydrogens (tertiary/aromatic N) is 7. The molecule has 9 nitrogen and oxygen atoms in total. The van der Waals surface area contributed by atoms with Crippen LogP contribution in [-0.4, -0.2) is 34.7 Å². The number of aryl methyl sites for hydroxylation is 1. The maximum Gasteiger partial charge on any atom is 0.283 e. The molecule has 0 aliphatic heterocycles. The molecule has 0 saturated carbocycles. The fourth-order valence-corrected chi connectivity index (χ4v) is 3.36. The largest absolute Gasteiger partial charge is 0.337 e.